The maximum absolute atomic E-state index is 12.1. The molecule has 0 aromatic carbocycles. The van der Waals surface area contributed by atoms with Gasteiger partial charge in [0, 0.05) is 48.4 Å². The summed E-state index contributed by atoms with van der Waals surface area (Å²) in [5, 5.41) is 18.5. The number of carboxylic acids is 1. The van der Waals surface area contributed by atoms with Gasteiger partial charge >= 0.3 is 12.0 Å². The van der Waals surface area contributed by atoms with Crippen LogP contribution in [0.5, 0.6) is 0 Å². The first kappa shape index (κ1) is 13.3. The van der Waals surface area contributed by atoms with Gasteiger partial charge in [0.25, 0.3) is 0 Å². The standard InChI is InChI=1S/C10H16N2O5S/c13-7-5-8(9(14)15)12(6-7)10(16)11-1-3-18(17)4-2-11/h7-8,13H,1-6H2,(H,14,15)/t7?,8-/m0/s1. The number of aliphatic hydroxyl groups excluding tert-OH is 1. The predicted molar refractivity (Wildman–Crippen MR) is 63.6 cm³/mol. The van der Waals surface area contributed by atoms with Crippen molar-refractivity contribution in [3.8, 4) is 0 Å². The van der Waals surface area contributed by atoms with Crippen LogP contribution in [0.2, 0.25) is 0 Å². The van der Waals surface area contributed by atoms with E-state index in [0.717, 1.165) is 0 Å². The number of hydrogen-bond acceptors (Lipinski definition) is 4. The van der Waals surface area contributed by atoms with Crippen LogP contribution in [-0.2, 0) is 15.6 Å². The molecule has 2 atom stereocenters. The summed E-state index contributed by atoms with van der Waals surface area (Å²) in [5.74, 6) is -0.236. The van der Waals surface area contributed by atoms with Crippen LogP contribution in [0.15, 0.2) is 0 Å². The van der Waals surface area contributed by atoms with Crippen molar-refractivity contribution >= 4 is 22.8 Å². The maximum atomic E-state index is 12.1. The van der Waals surface area contributed by atoms with Gasteiger partial charge in [0.2, 0.25) is 0 Å². The van der Waals surface area contributed by atoms with E-state index >= 15 is 0 Å². The summed E-state index contributed by atoms with van der Waals surface area (Å²) < 4.78 is 11.2. The van der Waals surface area contributed by atoms with Crippen molar-refractivity contribution in [1.82, 2.24) is 9.80 Å². The summed E-state index contributed by atoms with van der Waals surface area (Å²) in [6.45, 7) is 0.810. The number of nitrogens with zero attached hydrogens (tertiary/aromatic N) is 2. The summed E-state index contributed by atoms with van der Waals surface area (Å²) >= 11 is 0. The first-order chi connectivity index (χ1) is 8.49. The molecule has 0 bridgehead atoms. The van der Waals surface area contributed by atoms with Crippen LogP contribution < -0.4 is 0 Å². The number of rotatable bonds is 1. The Morgan fingerprint density at radius 2 is 1.83 bits per heavy atom. The molecular formula is C10H16N2O5S. The number of carboxylic acid groups (broad SMARTS) is 1. The molecule has 2 saturated heterocycles. The average Bonchev–Trinajstić information content (AvgIpc) is 2.71. The second-order valence-corrected chi connectivity index (χ2v) is 6.21. The molecule has 0 saturated carbocycles. The van der Waals surface area contributed by atoms with Gasteiger partial charge in [-0.3, -0.25) is 4.21 Å². The lowest BCUT2D eigenvalue weighted by Gasteiger charge is -2.32. The Bertz CT molecular complexity index is 378. The second kappa shape index (κ2) is 5.23. The van der Waals surface area contributed by atoms with E-state index in [-0.39, 0.29) is 19.0 Å². The fourth-order valence-electron chi connectivity index (χ4n) is 2.27. The summed E-state index contributed by atoms with van der Waals surface area (Å²) in [6, 6.07) is -1.34. The minimum absolute atomic E-state index is 0.0510. The molecule has 1 unspecified atom stereocenters. The van der Waals surface area contributed by atoms with Crippen molar-refractivity contribution in [3.05, 3.63) is 0 Å². The fourth-order valence-corrected chi connectivity index (χ4v) is 3.32. The molecule has 2 aliphatic heterocycles. The molecular weight excluding hydrogens is 260 g/mol. The van der Waals surface area contributed by atoms with Crippen LogP contribution >= 0.6 is 0 Å². The fraction of sp³-hybridized carbons (Fsp3) is 0.800. The molecule has 0 spiro atoms. The number of hydrogen-bond donors (Lipinski definition) is 2. The van der Waals surface area contributed by atoms with Crippen molar-refractivity contribution < 1.29 is 24.0 Å². The summed E-state index contributed by atoms with van der Waals surface area (Å²) in [7, 11) is -0.882. The Hall–Kier alpha value is -1.15. The van der Waals surface area contributed by atoms with Gasteiger partial charge in [-0.15, -0.1) is 0 Å². The van der Waals surface area contributed by atoms with E-state index in [4.69, 9.17) is 5.11 Å². The number of aliphatic hydroxyl groups is 1. The molecule has 102 valence electrons. The second-order valence-electron chi connectivity index (χ2n) is 4.51. The minimum atomic E-state index is -1.10. The third-order valence-electron chi connectivity index (χ3n) is 3.26. The van der Waals surface area contributed by atoms with Gasteiger partial charge < -0.3 is 20.0 Å². The van der Waals surface area contributed by atoms with Crippen molar-refractivity contribution in [3.63, 3.8) is 0 Å². The predicted octanol–water partition coefficient (Wildman–Crippen LogP) is -1.31. The van der Waals surface area contributed by atoms with Crippen molar-refractivity contribution in [2.75, 3.05) is 31.1 Å². The lowest BCUT2D eigenvalue weighted by Crippen LogP contribution is -2.51. The highest BCUT2D eigenvalue weighted by molar-refractivity contribution is 7.85. The van der Waals surface area contributed by atoms with E-state index in [0.29, 0.717) is 24.6 Å². The summed E-state index contributed by atoms with van der Waals surface area (Å²) in [6.07, 6.45) is -0.713. The number of amides is 2. The monoisotopic (exact) mass is 276 g/mol. The maximum Gasteiger partial charge on any atom is 0.326 e. The van der Waals surface area contributed by atoms with E-state index < -0.39 is 28.9 Å². The van der Waals surface area contributed by atoms with E-state index in [1.807, 2.05) is 0 Å². The van der Waals surface area contributed by atoms with Gasteiger partial charge in [-0.25, -0.2) is 9.59 Å². The quantitative estimate of drug-likeness (QED) is 0.619. The molecule has 2 heterocycles. The molecule has 2 aliphatic rings. The minimum Gasteiger partial charge on any atom is -0.480 e. The largest absolute Gasteiger partial charge is 0.480 e. The number of carbonyl (C=O) groups excluding carboxylic acids is 1. The topological polar surface area (TPSA) is 98.2 Å². The molecule has 2 amide bonds. The van der Waals surface area contributed by atoms with Gasteiger partial charge in [0.15, 0.2) is 0 Å². The molecule has 7 nitrogen and oxygen atoms in total. The highest BCUT2D eigenvalue weighted by Crippen LogP contribution is 2.20. The van der Waals surface area contributed by atoms with Crippen LogP contribution in [0.3, 0.4) is 0 Å². The Balaban J connectivity index is 2.03. The third-order valence-corrected chi connectivity index (χ3v) is 4.53. The van der Waals surface area contributed by atoms with Crippen molar-refractivity contribution in [2.45, 2.75) is 18.6 Å². The van der Waals surface area contributed by atoms with Crippen LogP contribution in [0, 0.1) is 0 Å². The third kappa shape index (κ3) is 2.64. The molecule has 0 aromatic heterocycles. The average molecular weight is 276 g/mol. The first-order valence-electron chi connectivity index (χ1n) is 5.80. The molecule has 18 heavy (non-hydrogen) atoms. The highest BCUT2D eigenvalue weighted by Gasteiger charge is 2.40. The molecule has 0 aliphatic carbocycles. The number of likely N-dealkylation sites (tertiary alicyclic amines) is 1. The molecule has 2 N–H and O–H groups in total. The number of aliphatic carboxylic acids is 1. The Morgan fingerprint density at radius 3 is 2.39 bits per heavy atom. The molecule has 2 rings (SSSR count). The Labute approximate surface area is 107 Å². The number of urea groups is 1. The van der Waals surface area contributed by atoms with Crippen LogP contribution in [-0.4, -0.2) is 79.5 Å². The lowest BCUT2D eigenvalue weighted by molar-refractivity contribution is -0.141. The molecule has 8 heteroatoms. The Kier molecular flexibility index (Phi) is 3.86. The van der Waals surface area contributed by atoms with E-state index in [1.165, 1.54) is 9.80 Å². The molecule has 0 radical (unpaired) electrons. The number of carbonyl (C=O) groups is 2. The van der Waals surface area contributed by atoms with E-state index in [1.54, 1.807) is 0 Å². The zero-order valence-corrected chi connectivity index (χ0v) is 10.6. The zero-order chi connectivity index (χ0) is 13.3. The van der Waals surface area contributed by atoms with E-state index in [9.17, 15) is 18.9 Å². The first-order valence-corrected chi connectivity index (χ1v) is 7.29. The SMILES string of the molecule is O=C(O)[C@@H]1CC(O)CN1C(=O)N1CCS(=O)CC1. The van der Waals surface area contributed by atoms with Gasteiger partial charge in [-0.2, -0.15) is 0 Å². The lowest BCUT2D eigenvalue weighted by atomic mass is 10.2. The van der Waals surface area contributed by atoms with Gasteiger partial charge in [-0.05, 0) is 0 Å². The smallest absolute Gasteiger partial charge is 0.326 e. The van der Waals surface area contributed by atoms with Crippen molar-refractivity contribution in [2.24, 2.45) is 0 Å². The zero-order valence-electron chi connectivity index (χ0n) is 9.82. The van der Waals surface area contributed by atoms with Gasteiger partial charge in [0.05, 0.1) is 6.10 Å². The Morgan fingerprint density at radius 1 is 1.22 bits per heavy atom. The molecule has 2 fully saturated rings. The normalized spacial score (nSPS) is 29.6. The van der Waals surface area contributed by atoms with Gasteiger partial charge in [-0.1, -0.05) is 0 Å². The summed E-state index contributed by atoms with van der Waals surface area (Å²) in [5.41, 5.74) is 0. The molecule has 0 aromatic rings. The van der Waals surface area contributed by atoms with Crippen LogP contribution in [0.4, 0.5) is 4.79 Å². The number of β-amino-alcohol motifs (C(OH)–C–C–N with tert-alkyl or cyclic N) is 1. The van der Waals surface area contributed by atoms with Crippen LogP contribution in [0.1, 0.15) is 6.42 Å². The van der Waals surface area contributed by atoms with Crippen LogP contribution in [0.25, 0.3) is 0 Å². The van der Waals surface area contributed by atoms with Gasteiger partial charge in [0.1, 0.15) is 6.04 Å². The summed E-state index contributed by atoms with van der Waals surface area (Å²) in [4.78, 5) is 25.9. The van der Waals surface area contributed by atoms with Crippen molar-refractivity contribution in [1.29, 1.82) is 0 Å². The highest BCUT2D eigenvalue weighted by atomic mass is 32.2. The van der Waals surface area contributed by atoms with E-state index in [2.05, 4.69) is 0 Å².